The normalized spacial score (nSPS) is 17.1. The number of amides is 3. The van der Waals surface area contributed by atoms with Gasteiger partial charge in [0.05, 0.1) is 12.1 Å². The van der Waals surface area contributed by atoms with E-state index in [2.05, 4.69) is 44.5 Å². The van der Waals surface area contributed by atoms with Crippen molar-refractivity contribution in [3.05, 3.63) is 70.7 Å². The number of Topliss-reactive ketones (excluding diaryl/α,β-unsaturated/α-hetero) is 1. The van der Waals surface area contributed by atoms with Gasteiger partial charge in [0, 0.05) is 36.9 Å². The lowest BCUT2D eigenvalue weighted by atomic mass is 9.87. The van der Waals surface area contributed by atoms with Crippen LogP contribution in [0.4, 0.5) is 4.79 Å². The van der Waals surface area contributed by atoms with Crippen LogP contribution in [-0.4, -0.2) is 73.8 Å². The lowest BCUT2D eigenvalue weighted by molar-refractivity contribution is -0.141. The molecule has 11 heteroatoms. The molecular formula is C41H62ClN3O6Si. The number of ketones is 1. The van der Waals surface area contributed by atoms with Crippen molar-refractivity contribution < 1.29 is 28.3 Å². The second-order valence-corrected chi connectivity index (χ2v) is 22.1. The van der Waals surface area contributed by atoms with Gasteiger partial charge in [-0.2, -0.15) is 0 Å². The number of carbonyl (C=O) groups is 4. The molecule has 5 atom stereocenters. The summed E-state index contributed by atoms with van der Waals surface area (Å²) in [5.74, 6) is -1.08. The third-order valence-corrected chi connectivity index (χ3v) is 15.1. The minimum absolute atomic E-state index is 0.139. The fraction of sp³-hybridized carbons (Fsp3) is 0.610. The number of benzene rings is 2. The molecule has 0 unspecified atom stereocenters. The van der Waals surface area contributed by atoms with E-state index >= 15 is 0 Å². The van der Waals surface area contributed by atoms with Crippen molar-refractivity contribution in [1.82, 2.24) is 15.5 Å². The number of nitrogens with zero attached hydrogens (tertiary/aromatic N) is 1. The summed E-state index contributed by atoms with van der Waals surface area (Å²) >= 11 is 6.43. The van der Waals surface area contributed by atoms with Gasteiger partial charge in [0.25, 0.3) is 0 Å². The third-order valence-electron chi connectivity index (χ3n) is 10.4. The van der Waals surface area contributed by atoms with Crippen LogP contribution in [0.1, 0.15) is 92.2 Å². The van der Waals surface area contributed by atoms with Crippen LogP contribution in [0, 0.1) is 11.8 Å². The summed E-state index contributed by atoms with van der Waals surface area (Å²) in [5, 5.41) is 6.70. The molecule has 9 nitrogen and oxygen atoms in total. The van der Waals surface area contributed by atoms with Gasteiger partial charge < -0.3 is 24.7 Å². The zero-order chi connectivity index (χ0) is 38.9. The van der Waals surface area contributed by atoms with E-state index in [1.807, 2.05) is 83.1 Å². The molecule has 3 rings (SSSR count). The van der Waals surface area contributed by atoms with Gasteiger partial charge in [-0.25, -0.2) is 4.79 Å². The Kier molecular flexibility index (Phi) is 15.5. The first-order valence-corrected chi connectivity index (χ1v) is 22.0. The molecule has 1 aliphatic heterocycles. The van der Waals surface area contributed by atoms with Crippen LogP contribution in [0.25, 0.3) is 0 Å². The van der Waals surface area contributed by atoms with E-state index in [0.717, 1.165) is 11.1 Å². The minimum Gasteiger partial charge on any atom is -0.444 e. The van der Waals surface area contributed by atoms with Crippen molar-refractivity contribution in [2.45, 2.75) is 136 Å². The number of likely N-dealkylation sites (tertiary alicyclic amines) is 1. The van der Waals surface area contributed by atoms with Crippen LogP contribution >= 0.6 is 11.6 Å². The Balaban J connectivity index is 2.09. The highest BCUT2D eigenvalue weighted by Crippen LogP contribution is 2.39. The summed E-state index contributed by atoms with van der Waals surface area (Å²) in [5.41, 5.74) is 1.16. The second kappa shape index (κ2) is 18.7. The lowest BCUT2D eigenvalue weighted by Crippen LogP contribution is -2.56. The predicted octanol–water partition coefficient (Wildman–Crippen LogP) is 8.14. The number of piperidine rings is 1. The molecule has 0 aromatic heterocycles. The standard InChI is InChI=1S/C41H62ClN3O6Si/c1-11-28(2)36(38(48)45-22-20-33(46)21-23-45)44-37(47)31(24-30-18-15-19-32(42)25-30)27-35(51-52(9,10)41(6,7)8)34(26-29-16-13-12-14-17-29)43-39(49)50-40(3,4)5/h12-19,25,28,31,34-36H,11,20-24,26-27H2,1-10H3,(H,43,49)(H,44,47)/t28-,31+,34-,35-,36-/m0/s1. The molecule has 0 spiro atoms. The van der Waals surface area contributed by atoms with Crippen molar-refractivity contribution in [2.75, 3.05) is 13.1 Å². The molecule has 0 aliphatic carbocycles. The van der Waals surface area contributed by atoms with Crippen molar-refractivity contribution in [2.24, 2.45) is 11.8 Å². The van der Waals surface area contributed by atoms with Gasteiger partial charge in [-0.1, -0.05) is 95.1 Å². The SMILES string of the molecule is CC[C@H](C)[C@H](NC(=O)[C@H](Cc1cccc(Cl)c1)C[C@H](O[Si](C)(C)C(C)(C)C)[C@H](Cc1ccccc1)NC(=O)OC(C)(C)C)C(=O)N1CCC(=O)CC1. The van der Waals surface area contributed by atoms with Crippen molar-refractivity contribution in [3.8, 4) is 0 Å². The second-order valence-electron chi connectivity index (χ2n) is 16.9. The van der Waals surface area contributed by atoms with Crippen LogP contribution in [0.15, 0.2) is 54.6 Å². The van der Waals surface area contributed by atoms with Crippen LogP contribution in [0.5, 0.6) is 0 Å². The molecular weight excluding hydrogens is 694 g/mol. The third kappa shape index (κ3) is 13.3. The summed E-state index contributed by atoms with van der Waals surface area (Å²) in [6.07, 6.45) is 1.23. The Hall–Kier alpha value is -3.21. The monoisotopic (exact) mass is 755 g/mol. The van der Waals surface area contributed by atoms with Gasteiger partial charge in [-0.05, 0) is 87.3 Å². The highest BCUT2D eigenvalue weighted by Gasteiger charge is 2.43. The number of rotatable bonds is 15. The largest absolute Gasteiger partial charge is 0.444 e. The summed E-state index contributed by atoms with van der Waals surface area (Å²) in [4.78, 5) is 55.7. The number of hydrogen-bond donors (Lipinski definition) is 2. The Morgan fingerprint density at radius 1 is 0.904 bits per heavy atom. The van der Waals surface area contributed by atoms with Gasteiger partial charge in [0.15, 0.2) is 8.32 Å². The Bertz CT molecular complexity index is 1500. The number of ether oxygens (including phenoxy) is 1. The van der Waals surface area contributed by atoms with E-state index in [0.29, 0.717) is 50.2 Å². The molecule has 0 bridgehead atoms. The fourth-order valence-electron chi connectivity index (χ4n) is 6.09. The minimum atomic E-state index is -2.48. The molecule has 0 saturated carbocycles. The Morgan fingerprint density at radius 3 is 2.08 bits per heavy atom. The molecule has 3 amide bonds. The molecule has 52 heavy (non-hydrogen) atoms. The van der Waals surface area contributed by atoms with Crippen LogP contribution in [0.3, 0.4) is 0 Å². The average Bonchev–Trinajstić information content (AvgIpc) is 3.05. The zero-order valence-corrected chi connectivity index (χ0v) is 34.8. The van der Waals surface area contributed by atoms with E-state index in [1.54, 1.807) is 11.0 Å². The smallest absolute Gasteiger partial charge is 0.407 e. The van der Waals surface area contributed by atoms with E-state index in [1.165, 1.54) is 0 Å². The molecule has 1 heterocycles. The zero-order valence-electron chi connectivity index (χ0n) is 33.0. The highest BCUT2D eigenvalue weighted by molar-refractivity contribution is 6.74. The first-order chi connectivity index (χ1) is 24.2. The Labute approximate surface area is 318 Å². The number of nitrogens with one attached hydrogen (secondary N) is 2. The van der Waals surface area contributed by atoms with Gasteiger partial charge in [-0.15, -0.1) is 0 Å². The number of halogens is 1. The van der Waals surface area contributed by atoms with E-state index in [4.69, 9.17) is 20.8 Å². The fourth-order valence-corrected chi connectivity index (χ4v) is 7.68. The number of alkyl carbamates (subject to hydrolysis) is 1. The maximum Gasteiger partial charge on any atom is 0.407 e. The quantitative estimate of drug-likeness (QED) is 0.178. The van der Waals surface area contributed by atoms with Gasteiger partial charge in [0.2, 0.25) is 11.8 Å². The number of carbonyl (C=O) groups excluding carboxylic acids is 4. The summed E-state index contributed by atoms with van der Waals surface area (Å²) in [6.45, 7) is 21.0. The van der Waals surface area contributed by atoms with Crippen LogP contribution in [-0.2, 0) is 36.4 Å². The van der Waals surface area contributed by atoms with Crippen molar-refractivity contribution in [1.29, 1.82) is 0 Å². The van der Waals surface area contributed by atoms with Gasteiger partial charge >= 0.3 is 6.09 Å². The molecule has 288 valence electrons. The maximum atomic E-state index is 14.7. The number of hydrogen-bond acceptors (Lipinski definition) is 6. The van der Waals surface area contributed by atoms with Crippen molar-refractivity contribution in [3.63, 3.8) is 0 Å². The first-order valence-electron chi connectivity index (χ1n) is 18.8. The average molecular weight is 757 g/mol. The highest BCUT2D eigenvalue weighted by atomic mass is 35.5. The van der Waals surface area contributed by atoms with Crippen molar-refractivity contribution >= 4 is 43.6 Å². The molecule has 2 N–H and O–H groups in total. The molecule has 1 aliphatic rings. The van der Waals surface area contributed by atoms with Gasteiger partial charge in [-0.3, -0.25) is 14.4 Å². The summed E-state index contributed by atoms with van der Waals surface area (Å²) < 4.78 is 12.9. The molecule has 0 radical (unpaired) electrons. The van der Waals surface area contributed by atoms with Crippen LogP contribution < -0.4 is 10.6 Å². The maximum absolute atomic E-state index is 14.7. The lowest BCUT2D eigenvalue weighted by Gasteiger charge is -2.42. The summed E-state index contributed by atoms with van der Waals surface area (Å²) in [6, 6.07) is 16.1. The topological polar surface area (TPSA) is 114 Å². The molecule has 2 aromatic rings. The molecule has 2 aromatic carbocycles. The van der Waals surface area contributed by atoms with E-state index < -0.39 is 44.1 Å². The van der Waals surface area contributed by atoms with E-state index in [9.17, 15) is 19.2 Å². The Morgan fingerprint density at radius 2 is 1.52 bits per heavy atom. The molecule has 1 saturated heterocycles. The van der Waals surface area contributed by atoms with E-state index in [-0.39, 0.29) is 35.0 Å². The summed E-state index contributed by atoms with van der Waals surface area (Å²) in [7, 11) is -2.48. The van der Waals surface area contributed by atoms with Gasteiger partial charge in [0.1, 0.15) is 17.4 Å². The molecule has 1 fully saturated rings. The predicted molar refractivity (Wildman–Crippen MR) is 211 cm³/mol. The van der Waals surface area contributed by atoms with Crippen LogP contribution in [0.2, 0.25) is 23.2 Å². The first kappa shape index (κ1) is 43.2.